The third-order valence-corrected chi connectivity index (χ3v) is 26.6. The van der Waals surface area contributed by atoms with Gasteiger partial charge in [0.1, 0.15) is 0 Å². The van der Waals surface area contributed by atoms with Crippen LogP contribution in [0.15, 0.2) is 0 Å². The van der Waals surface area contributed by atoms with E-state index < -0.39 is 29.6 Å². The molecule has 1 unspecified atom stereocenters. The van der Waals surface area contributed by atoms with Crippen LogP contribution in [-0.2, 0) is 28.8 Å². The summed E-state index contributed by atoms with van der Waals surface area (Å²) in [7, 11) is 14.8. The molecule has 7 atom stereocenters. The largest absolute Gasteiger partial charge is 0.392 e. The maximum atomic E-state index is 13.6. The first-order valence-electron chi connectivity index (χ1n) is 42.1. The third kappa shape index (κ3) is 25.4. The third-order valence-electron chi connectivity index (χ3n) is 26.6. The molecular formula is C81H146F4N14O8. The second kappa shape index (κ2) is 40.9. The molecule has 0 aromatic heterocycles. The summed E-state index contributed by atoms with van der Waals surface area (Å²) >= 11 is 0. The molecule has 6 amide bonds. The lowest BCUT2D eigenvalue weighted by molar-refractivity contribution is -0.142. The second-order valence-electron chi connectivity index (χ2n) is 35.5. The predicted octanol–water partition coefficient (Wildman–Crippen LogP) is 8.11. The molecule has 0 aromatic rings. The Morgan fingerprint density at radius 2 is 0.636 bits per heavy atom. The van der Waals surface area contributed by atoms with E-state index >= 15 is 0 Å². The van der Waals surface area contributed by atoms with Crippen molar-refractivity contribution in [3.63, 3.8) is 0 Å². The average Bonchev–Trinajstić information content (AvgIpc) is 1.64. The minimum atomic E-state index is -2.66. The van der Waals surface area contributed by atoms with Gasteiger partial charge in [0.25, 0.3) is 11.8 Å². The van der Waals surface area contributed by atoms with Crippen LogP contribution in [0.25, 0.3) is 0 Å². The number of hydrogen-bond donors (Lipinski definition) is 2. The lowest BCUT2D eigenvalue weighted by Crippen LogP contribution is -2.52. The van der Waals surface area contributed by atoms with Gasteiger partial charge in [0.15, 0.2) is 0 Å². The Morgan fingerprint density at radius 1 is 0.374 bits per heavy atom. The summed E-state index contributed by atoms with van der Waals surface area (Å²) < 4.78 is 54.2. The van der Waals surface area contributed by atoms with Gasteiger partial charge >= 0.3 is 0 Å². The molecule has 14 aliphatic rings. The van der Waals surface area contributed by atoms with Crippen LogP contribution in [0.5, 0.6) is 0 Å². The zero-order valence-electron chi connectivity index (χ0n) is 68.8. The molecule has 0 radical (unpaired) electrons. The van der Waals surface area contributed by atoms with Gasteiger partial charge in [0.05, 0.1) is 24.8 Å². The summed E-state index contributed by atoms with van der Waals surface area (Å²) in [4.78, 5) is 99.9. The zero-order valence-corrected chi connectivity index (χ0v) is 68.8. The SMILES string of the molecule is CC(O)[C@H]1CC(F)(F)CN1C1CCN(C)CC1.CC[C@@H]1CCC(=O)N1C1CCN(C)CC1.CC[C@H]1CCC(=O)N1C1CCN(C)CC1.CN1CCC(N2C(=O)CCC2=O)CC1.CN1CCC(N2CC(F)(F)C[C@@H]2C(C)(C)O)CC1.C[C@@H]1CCC(=O)N1C1CCN(C)CC1.C[C@H]1CCC(=O)N1C1CCN(C)CC1. The van der Waals surface area contributed by atoms with Gasteiger partial charge < -0.3 is 64.1 Å². The van der Waals surface area contributed by atoms with E-state index in [1.807, 2.05) is 9.80 Å². The van der Waals surface area contributed by atoms with E-state index in [4.69, 9.17) is 0 Å². The Labute approximate surface area is 642 Å². The number of piperidine rings is 7. The van der Waals surface area contributed by atoms with Gasteiger partial charge in [0.2, 0.25) is 35.4 Å². The van der Waals surface area contributed by atoms with Crippen molar-refractivity contribution in [1.29, 1.82) is 0 Å². The van der Waals surface area contributed by atoms with Crippen LogP contribution >= 0.6 is 0 Å². The molecule has 0 aromatic carbocycles. The summed E-state index contributed by atoms with van der Waals surface area (Å²) in [5.41, 5.74) is -1.07. The van der Waals surface area contributed by atoms with E-state index in [9.17, 15) is 56.5 Å². The number of carbonyl (C=O) groups excluding carboxylic acids is 6. The molecule has 22 nitrogen and oxygen atoms in total. The van der Waals surface area contributed by atoms with Crippen molar-refractivity contribution in [2.45, 2.75) is 330 Å². The first-order chi connectivity index (χ1) is 50.6. The van der Waals surface area contributed by atoms with Crippen LogP contribution < -0.4 is 0 Å². The maximum Gasteiger partial charge on any atom is 0.262 e. The highest BCUT2D eigenvalue weighted by Gasteiger charge is 2.53. The van der Waals surface area contributed by atoms with Crippen LogP contribution in [0, 0.1) is 0 Å². The van der Waals surface area contributed by atoms with Crippen LogP contribution in [0.1, 0.15) is 228 Å². The molecule has 14 heterocycles. The van der Waals surface area contributed by atoms with Gasteiger partial charge in [0, 0.05) is 130 Å². The lowest BCUT2D eigenvalue weighted by atomic mass is 9.93. The quantitative estimate of drug-likeness (QED) is 0.149. The molecule has 26 heteroatoms. The fourth-order valence-corrected chi connectivity index (χ4v) is 19.7. The highest BCUT2D eigenvalue weighted by molar-refractivity contribution is 6.02. The van der Waals surface area contributed by atoms with Crippen LogP contribution in [-0.4, -0.2) is 370 Å². The van der Waals surface area contributed by atoms with Gasteiger partial charge in [-0.25, -0.2) is 17.6 Å². The van der Waals surface area contributed by atoms with Gasteiger partial charge in [-0.2, -0.15) is 0 Å². The Bertz CT molecular complexity index is 2640. The number of hydrogen-bond acceptors (Lipinski definition) is 17. The normalized spacial score (nSPS) is 30.9. The first-order valence-corrected chi connectivity index (χ1v) is 42.1. The first kappa shape index (κ1) is 88.9. The fourth-order valence-electron chi connectivity index (χ4n) is 19.7. The Balaban J connectivity index is 0.000000158. The topological polar surface area (TPSA) is 188 Å². The summed E-state index contributed by atoms with van der Waals surface area (Å²) in [6.45, 7) is 28.2. The number of aliphatic hydroxyl groups excluding tert-OH is 1. The molecule has 14 saturated heterocycles. The number of amides is 6. The summed E-state index contributed by atoms with van der Waals surface area (Å²) in [6.07, 6.45) is 24.3. The number of imide groups is 1. The molecule has 107 heavy (non-hydrogen) atoms. The lowest BCUT2D eigenvalue weighted by Gasteiger charge is -2.41. The number of rotatable bonds is 11. The standard InChI is InChI=1S/C13H24F2N2O.C12H22F2N2O.2C12H22N2O.2C11H20N2O.C10H16N2O2/c1-12(2,18)11-8-13(14,15)9-17(11)10-4-6-16(3)7-5-10;1-9(17)11-7-12(13,14)8-16(11)10-3-5-15(2)6-4-10;2*1-3-10-4-5-12(15)14(10)11-6-8-13(2)9-7-11;2*1-9-3-4-11(14)13(9)10-5-7-12(2)8-6-10;1-11-6-4-8(5-7-11)12-9(13)2-3-10(12)14/h10-11,18H,4-9H2,1-3H3;9-11,17H,3-8H2,1-2H3;2*10-11H,3-9H2,1-2H3;2*9-10H,3-8H2,1-2H3;8H,2-7H2,1H3/t11-;9?,11-;2*10-;2*9-;/m111010./s1. The maximum absolute atomic E-state index is 13.6. The average molecular weight is 1520 g/mol. The van der Waals surface area contributed by atoms with E-state index in [0.717, 1.165) is 220 Å². The molecular weight excluding hydrogens is 1370 g/mol. The number of halogens is 4. The van der Waals surface area contributed by atoms with Crippen molar-refractivity contribution in [3.8, 4) is 0 Å². The van der Waals surface area contributed by atoms with E-state index in [0.29, 0.717) is 84.8 Å². The molecule has 14 rings (SSSR count). The minimum Gasteiger partial charge on any atom is -0.392 e. The number of likely N-dealkylation sites (tertiary alicyclic amines) is 14. The summed E-state index contributed by atoms with van der Waals surface area (Å²) in [6, 6.07) is 3.90. The molecule has 2 N–H and O–H groups in total. The number of nitrogens with zero attached hydrogens (tertiary/aromatic N) is 14. The Morgan fingerprint density at radius 3 is 0.925 bits per heavy atom. The molecule has 0 saturated carbocycles. The van der Waals surface area contributed by atoms with Gasteiger partial charge in [-0.15, -0.1) is 0 Å². The fraction of sp³-hybridized carbons (Fsp3) is 0.926. The number of aliphatic hydroxyl groups is 2. The van der Waals surface area contributed by atoms with E-state index in [1.54, 1.807) is 20.8 Å². The molecule has 0 bridgehead atoms. The Hall–Kier alpha value is -3.70. The van der Waals surface area contributed by atoms with Gasteiger partial charge in [-0.1, -0.05) is 13.8 Å². The zero-order chi connectivity index (χ0) is 78.2. The van der Waals surface area contributed by atoms with Gasteiger partial charge in [-0.05, 0) is 304 Å². The monoisotopic (exact) mass is 1520 g/mol. The highest BCUT2D eigenvalue weighted by Crippen LogP contribution is 2.41. The van der Waals surface area contributed by atoms with Crippen molar-refractivity contribution >= 4 is 35.4 Å². The second-order valence-corrected chi connectivity index (χ2v) is 35.5. The van der Waals surface area contributed by atoms with Crippen molar-refractivity contribution in [2.24, 2.45) is 0 Å². The summed E-state index contributed by atoms with van der Waals surface area (Å²) in [5.74, 6) is -3.67. The number of alkyl halides is 4. The van der Waals surface area contributed by atoms with Gasteiger partial charge in [-0.3, -0.25) is 43.5 Å². The minimum absolute atomic E-state index is 0.0320. The Kier molecular flexibility index (Phi) is 33.9. The van der Waals surface area contributed by atoms with E-state index in [2.05, 4.69) is 131 Å². The molecule has 14 aliphatic heterocycles. The highest BCUT2D eigenvalue weighted by atomic mass is 19.3. The predicted molar refractivity (Wildman–Crippen MR) is 414 cm³/mol. The van der Waals surface area contributed by atoms with Crippen molar-refractivity contribution in [1.82, 2.24) is 68.6 Å². The number of carbonyl (C=O) groups is 6. The molecule has 0 aliphatic carbocycles. The van der Waals surface area contributed by atoms with Crippen molar-refractivity contribution in [2.75, 3.05) is 154 Å². The molecule has 0 spiro atoms. The van der Waals surface area contributed by atoms with E-state index in [-0.39, 0.29) is 61.9 Å². The van der Waals surface area contributed by atoms with Crippen LogP contribution in [0.2, 0.25) is 0 Å². The van der Waals surface area contributed by atoms with E-state index in [1.165, 1.54) is 30.6 Å². The molecule has 616 valence electrons. The van der Waals surface area contributed by atoms with Crippen molar-refractivity contribution in [3.05, 3.63) is 0 Å². The smallest absolute Gasteiger partial charge is 0.262 e. The summed E-state index contributed by atoms with van der Waals surface area (Å²) in [5, 5.41) is 19.8. The van der Waals surface area contributed by atoms with Crippen LogP contribution in [0.4, 0.5) is 17.6 Å². The van der Waals surface area contributed by atoms with Crippen LogP contribution in [0.3, 0.4) is 0 Å². The van der Waals surface area contributed by atoms with Crippen molar-refractivity contribution < 1.29 is 56.5 Å². The molecule has 14 fully saturated rings.